The zero-order valence-corrected chi connectivity index (χ0v) is 9.16. The van der Waals surface area contributed by atoms with Gasteiger partial charge in [0.1, 0.15) is 16.7 Å². The fourth-order valence-corrected chi connectivity index (χ4v) is 2.97. The lowest BCUT2D eigenvalue weighted by atomic mass is 9.91. The van der Waals surface area contributed by atoms with Crippen molar-refractivity contribution in [1.29, 1.82) is 0 Å². The van der Waals surface area contributed by atoms with E-state index in [4.69, 9.17) is 0 Å². The molecular weight excluding hydrogens is 224 g/mol. The van der Waals surface area contributed by atoms with Crippen LogP contribution in [0.2, 0.25) is 0 Å². The fraction of sp³-hybridized carbons (Fsp3) is 0.273. The molecule has 0 fully saturated rings. The van der Waals surface area contributed by atoms with Crippen LogP contribution in [0.15, 0.2) is 23.3 Å². The predicted molar refractivity (Wildman–Crippen MR) is 61.4 cm³/mol. The second kappa shape index (κ2) is 3.52. The van der Waals surface area contributed by atoms with Gasteiger partial charge < -0.3 is 0 Å². The molecule has 80 valence electrons. The van der Waals surface area contributed by atoms with Gasteiger partial charge in [0.15, 0.2) is 0 Å². The van der Waals surface area contributed by atoms with Crippen molar-refractivity contribution in [3.63, 3.8) is 0 Å². The summed E-state index contributed by atoms with van der Waals surface area (Å²) in [6.45, 7) is 0.616. The largest absolute Gasteiger partial charge is 0.291 e. The molecule has 5 heteroatoms. The summed E-state index contributed by atoms with van der Waals surface area (Å²) in [5, 5.41) is -0.427. The molecule has 1 unspecified atom stereocenters. The molecule has 0 aromatic carbocycles. The number of carbonyl (C=O) groups excluding carboxylic acids is 2. The van der Waals surface area contributed by atoms with E-state index in [0.29, 0.717) is 23.5 Å². The van der Waals surface area contributed by atoms with Crippen molar-refractivity contribution in [1.82, 2.24) is 4.98 Å². The van der Waals surface area contributed by atoms with Crippen LogP contribution in [0.4, 0.5) is 0 Å². The number of aromatic nitrogens is 1. The summed E-state index contributed by atoms with van der Waals surface area (Å²) >= 11 is 1.48. The topological polar surface area (TPSA) is 59.4 Å². The van der Waals surface area contributed by atoms with E-state index in [1.165, 1.54) is 11.8 Å². The molecule has 1 aromatic rings. The van der Waals surface area contributed by atoms with Gasteiger partial charge in [-0.3, -0.25) is 19.6 Å². The third-order valence-corrected chi connectivity index (χ3v) is 3.85. The number of rotatable bonds is 0. The van der Waals surface area contributed by atoms with Crippen LogP contribution in [0.25, 0.3) is 0 Å². The normalized spacial score (nSPS) is 23.5. The molecule has 0 radical (unpaired) electrons. The van der Waals surface area contributed by atoms with E-state index < -0.39 is 5.25 Å². The summed E-state index contributed by atoms with van der Waals surface area (Å²) in [7, 11) is 0. The van der Waals surface area contributed by atoms with Gasteiger partial charge in [-0.15, -0.1) is 11.8 Å². The second-order valence-corrected chi connectivity index (χ2v) is 4.82. The number of carbonyl (C=O) groups is 2. The lowest BCUT2D eigenvalue weighted by Gasteiger charge is -2.25. The monoisotopic (exact) mass is 232 g/mol. The average Bonchev–Trinajstić information content (AvgIpc) is 2.36. The first kappa shape index (κ1) is 9.72. The number of Topliss-reactive ketones (excluding diaryl/α,β-unsaturated/α-hetero) is 2. The van der Waals surface area contributed by atoms with E-state index in [0.717, 1.165) is 5.75 Å². The molecule has 0 N–H and O–H groups in total. The standard InChI is InChI=1S/C11H8N2O2S/c14-9-6-2-1-3-12-7(6)10(15)11-8(9)13-4-5-16-11/h1-3,11H,4-5H2. The maximum atomic E-state index is 12.1. The predicted octanol–water partition coefficient (Wildman–Crippen LogP) is 1.02. The summed E-state index contributed by atoms with van der Waals surface area (Å²) in [4.78, 5) is 32.3. The number of thioether (sulfide) groups is 1. The Bertz CT molecular complexity index is 524. The number of fused-ring (bicyclic) bond motifs is 2. The van der Waals surface area contributed by atoms with Crippen LogP contribution in [0, 0.1) is 0 Å². The van der Waals surface area contributed by atoms with Crippen molar-refractivity contribution in [2.24, 2.45) is 4.99 Å². The SMILES string of the molecule is O=C1C2=NCCSC2C(=O)c2ncccc21. The number of ketones is 2. The highest BCUT2D eigenvalue weighted by Crippen LogP contribution is 2.28. The van der Waals surface area contributed by atoms with Gasteiger partial charge in [0.25, 0.3) is 0 Å². The summed E-state index contributed by atoms with van der Waals surface area (Å²) in [6, 6.07) is 3.31. The number of aliphatic imine (C=N–C) groups is 1. The fourth-order valence-electron chi connectivity index (χ4n) is 1.94. The number of pyridine rings is 1. The molecule has 1 aromatic heterocycles. The summed E-state index contributed by atoms with van der Waals surface area (Å²) < 4.78 is 0. The van der Waals surface area contributed by atoms with Gasteiger partial charge >= 0.3 is 0 Å². The molecule has 16 heavy (non-hydrogen) atoms. The van der Waals surface area contributed by atoms with Gasteiger partial charge in [0.05, 0.1) is 5.56 Å². The van der Waals surface area contributed by atoms with Crippen molar-refractivity contribution in [2.45, 2.75) is 5.25 Å². The minimum absolute atomic E-state index is 0.0846. The second-order valence-electron chi connectivity index (χ2n) is 3.61. The third-order valence-electron chi connectivity index (χ3n) is 2.66. The van der Waals surface area contributed by atoms with E-state index in [9.17, 15) is 9.59 Å². The van der Waals surface area contributed by atoms with E-state index in [1.54, 1.807) is 18.3 Å². The van der Waals surface area contributed by atoms with E-state index in [-0.39, 0.29) is 11.6 Å². The van der Waals surface area contributed by atoms with E-state index in [2.05, 4.69) is 9.98 Å². The first-order valence-corrected chi connectivity index (χ1v) is 6.04. The third kappa shape index (κ3) is 1.24. The van der Waals surface area contributed by atoms with Gasteiger partial charge in [-0.05, 0) is 12.1 Å². The molecule has 2 aliphatic rings. The van der Waals surface area contributed by atoms with Crippen molar-refractivity contribution in [2.75, 3.05) is 12.3 Å². The Hall–Kier alpha value is -1.49. The zero-order chi connectivity index (χ0) is 11.1. The highest BCUT2D eigenvalue weighted by atomic mass is 32.2. The van der Waals surface area contributed by atoms with Gasteiger partial charge in [0, 0.05) is 18.5 Å². The Morgan fingerprint density at radius 1 is 1.38 bits per heavy atom. The van der Waals surface area contributed by atoms with Crippen LogP contribution >= 0.6 is 11.8 Å². The van der Waals surface area contributed by atoms with Crippen molar-refractivity contribution in [3.8, 4) is 0 Å². The number of hydrogen-bond donors (Lipinski definition) is 0. The Kier molecular flexibility index (Phi) is 2.14. The molecule has 0 saturated heterocycles. The van der Waals surface area contributed by atoms with Crippen LogP contribution in [0.3, 0.4) is 0 Å². The molecule has 2 heterocycles. The summed E-state index contributed by atoms with van der Waals surface area (Å²) in [5.41, 5.74) is 1.10. The van der Waals surface area contributed by atoms with Gasteiger partial charge in [0.2, 0.25) is 11.6 Å². The van der Waals surface area contributed by atoms with Crippen LogP contribution < -0.4 is 0 Å². The number of nitrogens with zero attached hydrogens (tertiary/aromatic N) is 2. The van der Waals surface area contributed by atoms with Gasteiger partial charge in [-0.1, -0.05) is 0 Å². The lowest BCUT2D eigenvalue weighted by Crippen LogP contribution is -2.42. The highest BCUT2D eigenvalue weighted by molar-refractivity contribution is 8.01. The molecule has 0 spiro atoms. The molecule has 1 aliphatic heterocycles. The molecular formula is C11H8N2O2S. The molecule has 0 amide bonds. The Morgan fingerprint density at radius 2 is 2.25 bits per heavy atom. The van der Waals surface area contributed by atoms with Crippen LogP contribution in [-0.2, 0) is 0 Å². The van der Waals surface area contributed by atoms with Crippen LogP contribution in [0.1, 0.15) is 20.8 Å². The summed E-state index contributed by atoms with van der Waals surface area (Å²) in [5.74, 6) is 0.563. The van der Waals surface area contributed by atoms with Gasteiger partial charge in [-0.2, -0.15) is 0 Å². The minimum Gasteiger partial charge on any atom is -0.291 e. The van der Waals surface area contributed by atoms with Crippen molar-refractivity contribution < 1.29 is 9.59 Å². The maximum Gasteiger partial charge on any atom is 0.210 e. The first-order valence-electron chi connectivity index (χ1n) is 4.99. The molecule has 1 atom stereocenters. The van der Waals surface area contributed by atoms with Crippen LogP contribution in [-0.4, -0.2) is 39.8 Å². The van der Waals surface area contributed by atoms with Crippen molar-refractivity contribution in [3.05, 3.63) is 29.6 Å². The Morgan fingerprint density at radius 3 is 3.12 bits per heavy atom. The Labute approximate surface area is 96.2 Å². The molecule has 0 bridgehead atoms. The molecule has 4 nitrogen and oxygen atoms in total. The minimum atomic E-state index is -0.427. The van der Waals surface area contributed by atoms with Crippen molar-refractivity contribution >= 4 is 29.0 Å². The van der Waals surface area contributed by atoms with Gasteiger partial charge in [-0.25, -0.2) is 0 Å². The Balaban J connectivity index is 2.22. The summed E-state index contributed by atoms with van der Waals surface area (Å²) in [6.07, 6.45) is 1.54. The quantitative estimate of drug-likeness (QED) is 0.670. The molecule has 0 saturated carbocycles. The highest BCUT2D eigenvalue weighted by Gasteiger charge is 2.40. The first-order chi connectivity index (χ1) is 7.79. The maximum absolute atomic E-state index is 12.1. The van der Waals surface area contributed by atoms with E-state index in [1.807, 2.05) is 0 Å². The zero-order valence-electron chi connectivity index (χ0n) is 8.34. The average molecular weight is 232 g/mol. The van der Waals surface area contributed by atoms with Crippen LogP contribution in [0.5, 0.6) is 0 Å². The number of hydrogen-bond acceptors (Lipinski definition) is 5. The smallest absolute Gasteiger partial charge is 0.210 e. The lowest BCUT2D eigenvalue weighted by molar-refractivity contribution is 0.0964. The molecule has 3 rings (SSSR count). The van der Waals surface area contributed by atoms with E-state index >= 15 is 0 Å². The molecule has 1 aliphatic carbocycles.